The zero-order valence-electron chi connectivity index (χ0n) is 17.0. The van der Waals surface area contributed by atoms with Gasteiger partial charge in [-0.1, -0.05) is 30.3 Å². The van der Waals surface area contributed by atoms with Gasteiger partial charge in [-0.05, 0) is 26.3 Å². The zero-order valence-corrected chi connectivity index (χ0v) is 17.8. The minimum Gasteiger partial charge on any atom is -0.467 e. The van der Waals surface area contributed by atoms with Crippen molar-refractivity contribution < 1.29 is 28.7 Å². The van der Waals surface area contributed by atoms with Crippen molar-refractivity contribution in [2.45, 2.75) is 50.6 Å². The van der Waals surface area contributed by atoms with Gasteiger partial charge in [0.05, 0.1) is 18.9 Å². The largest absolute Gasteiger partial charge is 0.467 e. The van der Waals surface area contributed by atoms with Crippen LogP contribution in [0.5, 0.6) is 0 Å². The van der Waals surface area contributed by atoms with E-state index in [0.717, 1.165) is 17.3 Å². The fourth-order valence-electron chi connectivity index (χ4n) is 2.69. The summed E-state index contributed by atoms with van der Waals surface area (Å²) >= 11 is 1.14. The van der Waals surface area contributed by atoms with Crippen molar-refractivity contribution >= 4 is 35.6 Å². The summed E-state index contributed by atoms with van der Waals surface area (Å²) in [6.45, 7) is 5.34. The summed E-state index contributed by atoms with van der Waals surface area (Å²) in [6, 6.07) is 8.25. The summed E-state index contributed by atoms with van der Waals surface area (Å²) in [5.41, 5.74) is 0.141. The minimum absolute atomic E-state index is 0.0522. The number of nitrogens with one attached hydrogen (secondary N) is 1. The standard InChI is InChI=1S/C20H26N2O6S/c1-20(2,3)28-19(26)21-14(18(25)27-4)12-29-15-10-16(23)22(17(15)24)11-13-8-6-5-7-9-13/h5-9,14-15H,10-12H2,1-4H3,(H,21,26). The minimum atomic E-state index is -0.995. The number of carbonyl (C=O) groups excluding carboxylic acids is 4. The van der Waals surface area contributed by atoms with Crippen molar-refractivity contribution in [1.82, 2.24) is 10.2 Å². The number of nitrogens with zero attached hydrogens (tertiary/aromatic N) is 1. The van der Waals surface area contributed by atoms with E-state index in [1.54, 1.807) is 20.8 Å². The third kappa shape index (κ3) is 6.77. The van der Waals surface area contributed by atoms with E-state index in [1.165, 1.54) is 12.0 Å². The first-order valence-electron chi connectivity index (χ1n) is 9.18. The highest BCUT2D eigenvalue weighted by atomic mass is 32.2. The predicted octanol–water partition coefficient (Wildman–Crippen LogP) is 2.11. The van der Waals surface area contributed by atoms with Gasteiger partial charge in [0.15, 0.2) is 0 Å². The van der Waals surface area contributed by atoms with Gasteiger partial charge in [0.1, 0.15) is 11.6 Å². The van der Waals surface area contributed by atoms with Crippen LogP contribution in [-0.2, 0) is 30.4 Å². The summed E-state index contributed by atoms with van der Waals surface area (Å²) in [4.78, 5) is 50.1. The Labute approximate surface area is 174 Å². The molecule has 0 aromatic heterocycles. The van der Waals surface area contributed by atoms with Gasteiger partial charge in [0.25, 0.3) is 0 Å². The molecule has 0 spiro atoms. The molecule has 1 aromatic rings. The van der Waals surface area contributed by atoms with Crippen LogP contribution in [0.1, 0.15) is 32.8 Å². The van der Waals surface area contributed by atoms with Crippen LogP contribution in [0.25, 0.3) is 0 Å². The van der Waals surface area contributed by atoms with Crippen LogP contribution in [0.15, 0.2) is 30.3 Å². The fraction of sp³-hybridized carbons (Fsp3) is 0.500. The lowest BCUT2D eigenvalue weighted by Crippen LogP contribution is -2.46. The van der Waals surface area contributed by atoms with Crippen LogP contribution < -0.4 is 5.32 Å². The summed E-state index contributed by atoms with van der Waals surface area (Å²) in [6.07, 6.45) is -0.704. The second-order valence-corrected chi connectivity index (χ2v) is 8.79. The Balaban J connectivity index is 1.96. The van der Waals surface area contributed by atoms with Gasteiger partial charge in [-0.2, -0.15) is 0 Å². The quantitative estimate of drug-likeness (QED) is 0.530. The van der Waals surface area contributed by atoms with Crippen LogP contribution in [0, 0.1) is 0 Å². The third-order valence-electron chi connectivity index (χ3n) is 4.03. The molecule has 1 aromatic carbocycles. The number of ether oxygens (including phenoxy) is 2. The Morgan fingerprint density at radius 1 is 1.24 bits per heavy atom. The Kier molecular flexibility index (Phi) is 7.66. The first-order chi connectivity index (χ1) is 13.6. The molecule has 2 atom stereocenters. The first kappa shape index (κ1) is 22.7. The smallest absolute Gasteiger partial charge is 0.408 e. The highest BCUT2D eigenvalue weighted by Gasteiger charge is 2.39. The Hall–Kier alpha value is -2.55. The SMILES string of the molecule is COC(=O)C(CSC1CC(=O)N(Cc2ccccc2)C1=O)NC(=O)OC(C)(C)C. The lowest BCUT2D eigenvalue weighted by molar-refractivity contribution is -0.142. The number of likely N-dealkylation sites (tertiary alicyclic amines) is 1. The number of imide groups is 1. The van der Waals surface area contributed by atoms with Crippen molar-refractivity contribution in [3.05, 3.63) is 35.9 Å². The molecule has 1 aliphatic rings. The van der Waals surface area contributed by atoms with Gasteiger partial charge in [0, 0.05) is 12.2 Å². The Morgan fingerprint density at radius 2 is 1.90 bits per heavy atom. The molecule has 9 heteroatoms. The molecule has 0 saturated carbocycles. The molecule has 2 unspecified atom stereocenters. The van der Waals surface area contributed by atoms with Gasteiger partial charge in [0.2, 0.25) is 11.8 Å². The Morgan fingerprint density at radius 3 is 2.48 bits per heavy atom. The number of hydrogen-bond acceptors (Lipinski definition) is 7. The highest BCUT2D eigenvalue weighted by Crippen LogP contribution is 2.27. The maximum atomic E-state index is 12.6. The van der Waals surface area contributed by atoms with Crippen LogP contribution in [0.2, 0.25) is 0 Å². The van der Waals surface area contributed by atoms with Crippen LogP contribution in [-0.4, -0.2) is 58.5 Å². The molecule has 8 nitrogen and oxygen atoms in total. The third-order valence-corrected chi connectivity index (χ3v) is 5.32. The number of thioether (sulfide) groups is 1. The molecule has 29 heavy (non-hydrogen) atoms. The number of amides is 3. The van der Waals surface area contributed by atoms with Crippen molar-refractivity contribution in [3.8, 4) is 0 Å². The van der Waals surface area contributed by atoms with E-state index < -0.39 is 29.0 Å². The molecular formula is C20H26N2O6S. The topological polar surface area (TPSA) is 102 Å². The Bertz CT molecular complexity index is 762. The van der Waals surface area contributed by atoms with Crippen molar-refractivity contribution in [2.24, 2.45) is 0 Å². The van der Waals surface area contributed by atoms with Gasteiger partial charge >= 0.3 is 12.1 Å². The molecule has 1 N–H and O–H groups in total. The summed E-state index contributed by atoms with van der Waals surface area (Å²) < 4.78 is 9.88. The number of benzene rings is 1. The fourth-order valence-corrected chi connectivity index (χ4v) is 3.86. The number of rotatable bonds is 7. The number of esters is 1. The van der Waals surface area contributed by atoms with Crippen LogP contribution in [0.3, 0.4) is 0 Å². The van der Waals surface area contributed by atoms with Crippen LogP contribution >= 0.6 is 11.8 Å². The van der Waals surface area contributed by atoms with E-state index in [4.69, 9.17) is 9.47 Å². The molecular weight excluding hydrogens is 396 g/mol. The van der Waals surface area contributed by atoms with E-state index >= 15 is 0 Å². The van der Waals surface area contributed by atoms with E-state index in [-0.39, 0.29) is 30.5 Å². The molecule has 1 heterocycles. The molecule has 1 fully saturated rings. The first-order valence-corrected chi connectivity index (χ1v) is 10.2. The van der Waals surface area contributed by atoms with Crippen molar-refractivity contribution in [1.29, 1.82) is 0 Å². The monoisotopic (exact) mass is 422 g/mol. The predicted molar refractivity (Wildman–Crippen MR) is 108 cm³/mol. The number of hydrogen-bond donors (Lipinski definition) is 1. The number of carbonyl (C=O) groups is 4. The highest BCUT2D eigenvalue weighted by molar-refractivity contribution is 8.00. The molecule has 158 valence electrons. The maximum absolute atomic E-state index is 12.6. The van der Waals surface area contributed by atoms with E-state index in [1.807, 2.05) is 30.3 Å². The maximum Gasteiger partial charge on any atom is 0.408 e. The van der Waals surface area contributed by atoms with Crippen molar-refractivity contribution in [3.63, 3.8) is 0 Å². The van der Waals surface area contributed by atoms with Gasteiger partial charge < -0.3 is 14.8 Å². The molecule has 0 bridgehead atoms. The normalized spacial score (nSPS) is 17.8. The summed E-state index contributed by atoms with van der Waals surface area (Å²) in [5.74, 6) is -1.13. The summed E-state index contributed by atoms with van der Waals surface area (Å²) in [5, 5.41) is 1.85. The molecule has 0 radical (unpaired) electrons. The van der Waals surface area contributed by atoms with E-state index in [9.17, 15) is 19.2 Å². The van der Waals surface area contributed by atoms with Gasteiger partial charge in [-0.25, -0.2) is 9.59 Å². The van der Waals surface area contributed by atoms with E-state index in [0.29, 0.717) is 0 Å². The second kappa shape index (κ2) is 9.78. The average molecular weight is 423 g/mol. The zero-order chi connectivity index (χ0) is 21.6. The number of methoxy groups -OCH3 is 1. The van der Waals surface area contributed by atoms with Crippen LogP contribution in [0.4, 0.5) is 4.79 Å². The number of alkyl carbamates (subject to hydrolysis) is 1. The van der Waals surface area contributed by atoms with Gasteiger partial charge in [-0.15, -0.1) is 11.8 Å². The van der Waals surface area contributed by atoms with Crippen molar-refractivity contribution in [2.75, 3.05) is 12.9 Å². The molecule has 1 aliphatic heterocycles. The van der Waals surface area contributed by atoms with Gasteiger partial charge in [-0.3, -0.25) is 14.5 Å². The molecule has 2 rings (SSSR count). The molecule has 3 amide bonds. The van der Waals surface area contributed by atoms with E-state index in [2.05, 4.69) is 5.32 Å². The molecule has 0 aliphatic carbocycles. The second-order valence-electron chi connectivity index (χ2n) is 7.55. The summed E-state index contributed by atoms with van der Waals surface area (Å²) in [7, 11) is 1.21. The lowest BCUT2D eigenvalue weighted by atomic mass is 10.2. The molecule has 1 saturated heterocycles. The average Bonchev–Trinajstić information content (AvgIpc) is 2.91. The lowest BCUT2D eigenvalue weighted by Gasteiger charge is -2.23.